The molecular formula is C11H7F2NO2. The average molecular weight is 223 g/mol. The van der Waals surface area contributed by atoms with E-state index in [1.807, 2.05) is 0 Å². The molecule has 5 heteroatoms. The summed E-state index contributed by atoms with van der Waals surface area (Å²) in [5.41, 5.74) is -0.960. The van der Waals surface area contributed by atoms with E-state index >= 15 is 0 Å². The molecule has 0 amide bonds. The molecule has 1 rings (SSSR count). The van der Waals surface area contributed by atoms with Gasteiger partial charge in [0.25, 0.3) is 6.43 Å². The molecule has 82 valence electrons. The molecule has 0 aliphatic rings. The van der Waals surface area contributed by atoms with Crippen LogP contribution in [0.3, 0.4) is 0 Å². The van der Waals surface area contributed by atoms with E-state index in [4.69, 9.17) is 5.26 Å². The van der Waals surface area contributed by atoms with Gasteiger partial charge in [-0.25, -0.2) is 8.78 Å². The lowest BCUT2D eigenvalue weighted by Crippen LogP contribution is -2.03. The van der Waals surface area contributed by atoms with Gasteiger partial charge in [-0.3, -0.25) is 9.59 Å². The van der Waals surface area contributed by atoms with Gasteiger partial charge in [0.2, 0.25) is 0 Å². The lowest BCUT2D eigenvalue weighted by atomic mass is 9.97. The predicted molar refractivity (Wildman–Crippen MR) is 51.5 cm³/mol. The number of halogens is 2. The van der Waals surface area contributed by atoms with E-state index in [-0.39, 0.29) is 16.7 Å². The van der Waals surface area contributed by atoms with Gasteiger partial charge in [-0.1, -0.05) is 0 Å². The van der Waals surface area contributed by atoms with E-state index in [0.29, 0.717) is 6.29 Å². The van der Waals surface area contributed by atoms with Crippen LogP contribution in [0.1, 0.15) is 45.2 Å². The number of ketones is 1. The molecular weight excluding hydrogens is 216 g/mol. The fraction of sp³-hybridized carbons (Fsp3) is 0.182. The minimum atomic E-state index is -2.85. The van der Waals surface area contributed by atoms with Crippen molar-refractivity contribution in [2.45, 2.75) is 13.3 Å². The van der Waals surface area contributed by atoms with Crippen LogP contribution in [0.4, 0.5) is 8.78 Å². The number of hydrogen-bond acceptors (Lipinski definition) is 3. The molecule has 0 spiro atoms. The highest BCUT2D eigenvalue weighted by Gasteiger charge is 2.18. The molecule has 0 aliphatic carbocycles. The standard InChI is InChI=1S/C11H7F2NO2/c1-6(16)9-3-10(11(12)13)7(4-14)2-8(9)5-15/h2-3,5,11H,1H3. The van der Waals surface area contributed by atoms with Gasteiger partial charge in [0.1, 0.15) is 0 Å². The number of carbonyl (C=O) groups is 2. The number of benzene rings is 1. The lowest BCUT2D eigenvalue weighted by Gasteiger charge is -2.07. The topological polar surface area (TPSA) is 57.9 Å². The van der Waals surface area contributed by atoms with Gasteiger partial charge in [0.05, 0.1) is 11.6 Å². The summed E-state index contributed by atoms with van der Waals surface area (Å²) in [6.45, 7) is 1.17. The number of nitriles is 1. The second-order valence-corrected chi connectivity index (χ2v) is 3.11. The van der Waals surface area contributed by atoms with E-state index in [2.05, 4.69) is 0 Å². The molecule has 16 heavy (non-hydrogen) atoms. The van der Waals surface area contributed by atoms with Crippen molar-refractivity contribution in [3.63, 3.8) is 0 Å². The number of rotatable bonds is 3. The highest BCUT2D eigenvalue weighted by molar-refractivity contribution is 6.01. The Morgan fingerprint density at radius 1 is 1.50 bits per heavy atom. The van der Waals surface area contributed by atoms with E-state index in [1.54, 1.807) is 6.07 Å². The summed E-state index contributed by atoms with van der Waals surface area (Å²) in [6.07, 6.45) is -2.49. The molecule has 0 fully saturated rings. The molecule has 0 N–H and O–H groups in total. The van der Waals surface area contributed by atoms with Gasteiger partial charge < -0.3 is 0 Å². The molecule has 1 aromatic carbocycles. The van der Waals surface area contributed by atoms with Crippen LogP contribution in [0.25, 0.3) is 0 Å². The molecule has 0 atom stereocenters. The van der Waals surface area contributed by atoms with Crippen molar-refractivity contribution < 1.29 is 18.4 Å². The number of hydrogen-bond donors (Lipinski definition) is 0. The maximum absolute atomic E-state index is 12.5. The summed E-state index contributed by atoms with van der Waals surface area (Å²) < 4.78 is 25.1. The van der Waals surface area contributed by atoms with Crippen molar-refractivity contribution in [2.75, 3.05) is 0 Å². The summed E-state index contributed by atoms with van der Waals surface area (Å²) in [7, 11) is 0. The molecule has 0 saturated carbocycles. The number of nitrogens with zero attached hydrogens (tertiary/aromatic N) is 1. The Bertz CT molecular complexity index is 489. The first-order valence-electron chi connectivity index (χ1n) is 4.33. The summed E-state index contributed by atoms with van der Waals surface area (Å²) in [5.74, 6) is -0.492. The van der Waals surface area contributed by atoms with Crippen molar-refractivity contribution in [2.24, 2.45) is 0 Å². The van der Waals surface area contributed by atoms with Gasteiger partial charge in [0.15, 0.2) is 12.1 Å². The normalized spacial score (nSPS) is 9.94. The minimum Gasteiger partial charge on any atom is -0.298 e. The third kappa shape index (κ3) is 2.11. The quantitative estimate of drug-likeness (QED) is 0.584. The second kappa shape index (κ2) is 4.62. The predicted octanol–water partition coefficient (Wildman–Crippen LogP) is 2.51. The largest absolute Gasteiger partial charge is 0.298 e. The number of aldehydes is 1. The zero-order valence-corrected chi connectivity index (χ0v) is 8.33. The Kier molecular flexibility index (Phi) is 3.46. The van der Waals surface area contributed by atoms with Crippen molar-refractivity contribution in [1.29, 1.82) is 5.26 Å². The van der Waals surface area contributed by atoms with Gasteiger partial charge in [-0.15, -0.1) is 0 Å². The molecule has 0 saturated heterocycles. The van der Waals surface area contributed by atoms with E-state index in [0.717, 1.165) is 12.1 Å². The van der Waals surface area contributed by atoms with Crippen molar-refractivity contribution >= 4 is 12.1 Å². The summed E-state index contributed by atoms with van der Waals surface area (Å²) >= 11 is 0. The first-order valence-corrected chi connectivity index (χ1v) is 4.33. The van der Waals surface area contributed by atoms with Crippen LogP contribution in [0.15, 0.2) is 12.1 Å². The van der Waals surface area contributed by atoms with Crippen LogP contribution in [0.2, 0.25) is 0 Å². The monoisotopic (exact) mass is 223 g/mol. The second-order valence-electron chi connectivity index (χ2n) is 3.11. The van der Waals surface area contributed by atoms with Gasteiger partial charge in [-0.05, 0) is 19.1 Å². The van der Waals surface area contributed by atoms with Crippen LogP contribution in [-0.2, 0) is 0 Å². The highest BCUT2D eigenvalue weighted by atomic mass is 19.3. The fourth-order valence-corrected chi connectivity index (χ4v) is 1.31. The van der Waals surface area contributed by atoms with E-state index < -0.39 is 17.8 Å². The fourth-order valence-electron chi connectivity index (χ4n) is 1.31. The summed E-state index contributed by atoms with van der Waals surface area (Å²) in [5, 5.41) is 8.63. The molecule has 0 aliphatic heterocycles. The molecule has 0 aromatic heterocycles. The van der Waals surface area contributed by atoms with Crippen LogP contribution < -0.4 is 0 Å². The van der Waals surface area contributed by atoms with Crippen LogP contribution in [0, 0.1) is 11.3 Å². The maximum Gasteiger partial charge on any atom is 0.265 e. The number of Topliss-reactive ketones (excluding diaryl/α,β-unsaturated/α-hetero) is 1. The summed E-state index contributed by atoms with van der Waals surface area (Å²) in [6, 6.07) is 3.47. The maximum atomic E-state index is 12.5. The summed E-state index contributed by atoms with van der Waals surface area (Å²) in [4.78, 5) is 21.7. The zero-order chi connectivity index (χ0) is 12.3. The Balaban J connectivity index is 3.54. The minimum absolute atomic E-state index is 0.0477. The Morgan fingerprint density at radius 3 is 2.50 bits per heavy atom. The molecule has 0 heterocycles. The van der Waals surface area contributed by atoms with Gasteiger partial charge in [0, 0.05) is 16.7 Å². The SMILES string of the molecule is CC(=O)c1cc(C(F)F)c(C#N)cc1C=O. The van der Waals surface area contributed by atoms with E-state index in [9.17, 15) is 18.4 Å². The average Bonchev–Trinajstić information content (AvgIpc) is 2.26. The van der Waals surface area contributed by atoms with Gasteiger partial charge in [-0.2, -0.15) is 5.26 Å². The van der Waals surface area contributed by atoms with Gasteiger partial charge >= 0.3 is 0 Å². The first-order chi connectivity index (χ1) is 7.51. The number of carbonyl (C=O) groups excluding carboxylic acids is 2. The third-order valence-electron chi connectivity index (χ3n) is 2.08. The van der Waals surface area contributed by atoms with Crippen LogP contribution >= 0.6 is 0 Å². The lowest BCUT2D eigenvalue weighted by molar-refractivity contribution is 0.100. The Hall–Kier alpha value is -2.09. The molecule has 3 nitrogen and oxygen atoms in total. The Labute approximate surface area is 90.3 Å². The smallest absolute Gasteiger partial charge is 0.265 e. The van der Waals surface area contributed by atoms with Crippen molar-refractivity contribution in [3.05, 3.63) is 34.4 Å². The first kappa shape index (κ1) is 12.0. The number of alkyl halides is 2. The molecule has 0 unspecified atom stereocenters. The molecule has 1 aromatic rings. The van der Waals surface area contributed by atoms with Crippen molar-refractivity contribution in [1.82, 2.24) is 0 Å². The van der Waals surface area contributed by atoms with E-state index in [1.165, 1.54) is 6.92 Å². The zero-order valence-electron chi connectivity index (χ0n) is 8.33. The highest BCUT2D eigenvalue weighted by Crippen LogP contribution is 2.25. The molecule has 0 bridgehead atoms. The molecule has 0 radical (unpaired) electrons. The van der Waals surface area contributed by atoms with Crippen LogP contribution in [-0.4, -0.2) is 12.1 Å². The Morgan fingerprint density at radius 2 is 2.12 bits per heavy atom. The third-order valence-corrected chi connectivity index (χ3v) is 2.08. The van der Waals surface area contributed by atoms with Crippen molar-refractivity contribution in [3.8, 4) is 6.07 Å². The van der Waals surface area contributed by atoms with Crippen LogP contribution in [0.5, 0.6) is 0 Å².